The summed E-state index contributed by atoms with van der Waals surface area (Å²) < 4.78 is 6.02. The summed E-state index contributed by atoms with van der Waals surface area (Å²) in [6, 6.07) is 20.5. The Kier molecular flexibility index (Phi) is 7.71. The molecule has 0 aliphatic heterocycles. The van der Waals surface area contributed by atoms with Crippen LogP contribution in [-0.2, 0) is 9.59 Å². The summed E-state index contributed by atoms with van der Waals surface area (Å²) in [5.41, 5.74) is 3.77. The van der Waals surface area contributed by atoms with E-state index in [-0.39, 0.29) is 11.3 Å². The first kappa shape index (κ1) is 22.7. The fraction of sp³-hybridized carbons (Fsp3) is 0.0435. The molecular formula is C23H19BrN4O4. The minimum atomic E-state index is -0.992. The van der Waals surface area contributed by atoms with Crippen LogP contribution in [0.3, 0.4) is 0 Å². The lowest BCUT2D eigenvalue weighted by atomic mass is 10.1. The average Bonchev–Trinajstić information content (AvgIpc) is 2.80. The minimum absolute atomic E-state index is 0.193. The maximum Gasteiger partial charge on any atom is 0.329 e. The van der Waals surface area contributed by atoms with Gasteiger partial charge in [-0.2, -0.15) is 5.10 Å². The highest BCUT2D eigenvalue weighted by Crippen LogP contribution is 2.21. The Balaban J connectivity index is 1.65. The number of anilines is 2. The maximum atomic E-state index is 12.6. The van der Waals surface area contributed by atoms with Crippen molar-refractivity contribution in [3.05, 3.63) is 88.4 Å². The SMILES string of the molecule is COc1ccc(Br)cc1/C=N\NC(=O)C(=O)Nc1ccccc1C(=O)Nc1ccccc1. The van der Waals surface area contributed by atoms with Gasteiger partial charge >= 0.3 is 11.8 Å². The van der Waals surface area contributed by atoms with E-state index in [1.165, 1.54) is 19.4 Å². The third-order valence-corrected chi connectivity index (χ3v) is 4.71. The Labute approximate surface area is 192 Å². The van der Waals surface area contributed by atoms with Crippen molar-refractivity contribution in [2.45, 2.75) is 0 Å². The van der Waals surface area contributed by atoms with Crippen LogP contribution in [0.15, 0.2) is 82.4 Å². The second-order valence-electron chi connectivity index (χ2n) is 6.41. The number of benzene rings is 3. The molecule has 0 aromatic heterocycles. The monoisotopic (exact) mass is 494 g/mol. The van der Waals surface area contributed by atoms with Crippen molar-refractivity contribution in [1.82, 2.24) is 5.43 Å². The highest BCUT2D eigenvalue weighted by Gasteiger charge is 2.17. The number of hydrazone groups is 1. The quantitative estimate of drug-likeness (QED) is 0.275. The number of hydrogen-bond donors (Lipinski definition) is 3. The number of nitrogens with one attached hydrogen (secondary N) is 3. The van der Waals surface area contributed by atoms with Gasteiger partial charge in [-0.05, 0) is 42.5 Å². The van der Waals surface area contributed by atoms with E-state index in [1.54, 1.807) is 60.7 Å². The fourth-order valence-electron chi connectivity index (χ4n) is 2.71. The molecule has 3 N–H and O–H groups in total. The lowest BCUT2D eigenvalue weighted by Crippen LogP contribution is -2.33. The second-order valence-corrected chi connectivity index (χ2v) is 7.32. The summed E-state index contributed by atoms with van der Waals surface area (Å²) in [6.07, 6.45) is 1.36. The van der Waals surface area contributed by atoms with Crippen molar-refractivity contribution >= 4 is 51.2 Å². The molecule has 0 unspecified atom stereocenters. The number of carbonyl (C=O) groups is 3. The van der Waals surface area contributed by atoms with Gasteiger partial charge in [0.15, 0.2) is 0 Å². The molecular weight excluding hydrogens is 476 g/mol. The number of halogens is 1. The van der Waals surface area contributed by atoms with Gasteiger partial charge in [-0.3, -0.25) is 14.4 Å². The zero-order valence-electron chi connectivity index (χ0n) is 17.0. The standard InChI is InChI=1S/C23H19BrN4O4/c1-32-20-12-11-16(24)13-15(20)14-25-28-23(31)22(30)27-19-10-6-5-9-18(19)21(29)26-17-7-3-2-4-8-17/h2-14H,1H3,(H,26,29)(H,27,30)(H,28,31)/b25-14-. The third kappa shape index (κ3) is 6.02. The molecule has 0 aliphatic carbocycles. The topological polar surface area (TPSA) is 109 Å². The molecule has 3 amide bonds. The van der Waals surface area contributed by atoms with Crippen molar-refractivity contribution in [3.8, 4) is 5.75 Å². The molecule has 3 rings (SSSR count). The first-order chi connectivity index (χ1) is 15.5. The van der Waals surface area contributed by atoms with Gasteiger partial charge in [-0.15, -0.1) is 0 Å². The Hall–Kier alpha value is -3.98. The Bertz CT molecular complexity index is 1170. The average molecular weight is 495 g/mol. The molecule has 3 aromatic carbocycles. The van der Waals surface area contributed by atoms with E-state index in [0.29, 0.717) is 17.0 Å². The van der Waals surface area contributed by atoms with Crippen LogP contribution in [0.2, 0.25) is 0 Å². The summed E-state index contributed by atoms with van der Waals surface area (Å²) in [4.78, 5) is 37.1. The number of rotatable bonds is 6. The lowest BCUT2D eigenvalue weighted by Gasteiger charge is -2.11. The smallest absolute Gasteiger partial charge is 0.329 e. The van der Waals surface area contributed by atoms with Crippen molar-refractivity contribution < 1.29 is 19.1 Å². The van der Waals surface area contributed by atoms with Crippen LogP contribution in [0.5, 0.6) is 5.75 Å². The summed E-state index contributed by atoms with van der Waals surface area (Å²) in [7, 11) is 1.51. The maximum absolute atomic E-state index is 12.6. The highest BCUT2D eigenvalue weighted by molar-refractivity contribution is 9.10. The van der Waals surface area contributed by atoms with Crippen molar-refractivity contribution in [2.24, 2.45) is 5.10 Å². The molecule has 0 radical (unpaired) electrons. The van der Waals surface area contributed by atoms with Crippen LogP contribution >= 0.6 is 15.9 Å². The molecule has 0 bridgehead atoms. The number of para-hydroxylation sites is 2. The van der Waals surface area contributed by atoms with Crippen molar-refractivity contribution in [3.63, 3.8) is 0 Å². The summed E-state index contributed by atoms with van der Waals surface area (Å²) in [5.74, 6) is -1.84. The van der Waals surface area contributed by atoms with E-state index in [1.807, 2.05) is 6.07 Å². The summed E-state index contributed by atoms with van der Waals surface area (Å²) in [5, 5.41) is 8.98. The van der Waals surface area contributed by atoms with Crippen LogP contribution in [0.1, 0.15) is 15.9 Å². The van der Waals surface area contributed by atoms with Crippen LogP contribution in [0.4, 0.5) is 11.4 Å². The molecule has 0 atom stereocenters. The number of methoxy groups -OCH3 is 1. The molecule has 0 heterocycles. The Morgan fingerprint density at radius 2 is 1.62 bits per heavy atom. The molecule has 0 aliphatic rings. The predicted molar refractivity (Wildman–Crippen MR) is 126 cm³/mol. The highest BCUT2D eigenvalue weighted by atomic mass is 79.9. The third-order valence-electron chi connectivity index (χ3n) is 4.22. The van der Waals surface area contributed by atoms with E-state index < -0.39 is 17.7 Å². The Morgan fingerprint density at radius 1 is 0.906 bits per heavy atom. The largest absolute Gasteiger partial charge is 0.496 e. The van der Waals surface area contributed by atoms with E-state index in [0.717, 1.165) is 4.47 Å². The molecule has 0 spiro atoms. The molecule has 9 heteroatoms. The first-order valence-electron chi connectivity index (χ1n) is 9.41. The number of hydrogen-bond acceptors (Lipinski definition) is 5. The van der Waals surface area contributed by atoms with Crippen LogP contribution in [0.25, 0.3) is 0 Å². The van der Waals surface area contributed by atoms with Crippen molar-refractivity contribution in [1.29, 1.82) is 0 Å². The fourth-order valence-corrected chi connectivity index (χ4v) is 3.09. The van der Waals surface area contributed by atoms with Crippen molar-refractivity contribution in [2.75, 3.05) is 17.7 Å². The van der Waals surface area contributed by atoms with E-state index >= 15 is 0 Å². The number of amides is 3. The molecule has 0 fully saturated rings. The second kappa shape index (κ2) is 10.9. The van der Waals surface area contributed by atoms with Gasteiger partial charge in [0.2, 0.25) is 0 Å². The Morgan fingerprint density at radius 3 is 2.38 bits per heavy atom. The van der Waals surface area contributed by atoms with Gasteiger partial charge in [0.05, 0.1) is 24.6 Å². The molecule has 32 heavy (non-hydrogen) atoms. The summed E-state index contributed by atoms with van der Waals surface area (Å²) in [6.45, 7) is 0. The van der Waals surface area contributed by atoms with Gasteiger partial charge in [-0.1, -0.05) is 46.3 Å². The minimum Gasteiger partial charge on any atom is -0.496 e. The lowest BCUT2D eigenvalue weighted by molar-refractivity contribution is -0.136. The normalized spacial score (nSPS) is 10.4. The number of nitrogens with zero attached hydrogens (tertiary/aromatic N) is 1. The zero-order chi connectivity index (χ0) is 22.9. The van der Waals surface area contributed by atoms with Crippen LogP contribution < -0.4 is 20.8 Å². The van der Waals surface area contributed by atoms with E-state index in [9.17, 15) is 14.4 Å². The zero-order valence-corrected chi connectivity index (χ0v) is 18.5. The van der Waals surface area contributed by atoms with Gasteiger partial charge in [-0.25, -0.2) is 5.43 Å². The predicted octanol–water partition coefficient (Wildman–Crippen LogP) is 3.80. The number of carbonyl (C=O) groups excluding carboxylic acids is 3. The van der Waals surface area contributed by atoms with Crippen LogP contribution in [0, 0.1) is 0 Å². The van der Waals surface area contributed by atoms with Crippen LogP contribution in [-0.4, -0.2) is 31.0 Å². The molecule has 8 nitrogen and oxygen atoms in total. The molecule has 0 saturated heterocycles. The summed E-state index contributed by atoms with van der Waals surface area (Å²) >= 11 is 3.34. The molecule has 0 saturated carbocycles. The van der Waals surface area contributed by atoms with E-state index in [4.69, 9.17) is 4.74 Å². The van der Waals surface area contributed by atoms with E-state index in [2.05, 4.69) is 37.1 Å². The molecule has 3 aromatic rings. The first-order valence-corrected chi connectivity index (χ1v) is 10.2. The number of ether oxygens (including phenoxy) is 1. The van der Waals surface area contributed by atoms with Gasteiger partial charge in [0, 0.05) is 15.7 Å². The van der Waals surface area contributed by atoms with Gasteiger partial charge in [0.1, 0.15) is 5.75 Å². The van der Waals surface area contributed by atoms with Gasteiger partial charge in [0.25, 0.3) is 5.91 Å². The molecule has 162 valence electrons. The van der Waals surface area contributed by atoms with Gasteiger partial charge < -0.3 is 15.4 Å².